The SMILES string of the molecule is CC[C@H](C(=O)NC(C)C)N(Cc1ccccc1)C(=O)COc1ccc(Br)cc1Cl. The van der Waals surface area contributed by atoms with Crippen LogP contribution in [0.15, 0.2) is 53.0 Å². The maximum absolute atomic E-state index is 13.1. The van der Waals surface area contributed by atoms with Gasteiger partial charge < -0.3 is 15.0 Å². The van der Waals surface area contributed by atoms with Gasteiger partial charge in [0.2, 0.25) is 5.91 Å². The van der Waals surface area contributed by atoms with Crippen LogP contribution in [0.25, 0.3) is 0 Å². The number of ether oxygens (including phenoxy) is 1. The van der Waals surface area contributed by atoms with Crippen LogP contribution in [0.4, 0.5) is 0 Å². The summed E-state index contributed by atoms with van der Waals surface area (Å²) in [7, 11) is 0. The highest BCUT2D eigenvalue weighted by molar-refractivity contribution is 9.10. The molecule has 0 fully saturated rings. The van der Waals surface area contributed by atoms with Crippen molar-refractivity contribution in [2.75, 3.05) is 6.61 Å². The average Bonchev–Trinajstić information content (AvgIpc) is 2.67. The first-order chi connectivity index (χ1) is 13.8. The van der Waals surface area contributed by atoms with E-state index < -0.39 is 6.04 Å². The van der Waals surface area contributed by atoms with Gasteiger partial charge >= 0.3 is 0 Å². The van der Waals surface area contributed by atoms with Gasteiger partial charge in [0.1, 0.15) is 11.8 Å². The zero-order chi connectivity index (χ0) is 21.4. The number of halogens is 2. The normalized spacial score (nSPS) is 11.8. The Morgan fingerprint density at radius 1 is 1.17 bits per heavy atom. The molecular weight excluding hydrogens is 456 g/mol. The fourth-order valence-corrected chi connectivity index (χ4v) is 3.62. The molecule has 0 unspecified atom stereocenters. The van der Waals surface area contributed by atoms with Gasteiger partial charge in [0.25, 0.3) is 5.91 Å². The molecule has 0 spiro atoms. The molecule has 29 heavy (non-hydrogen) atoms. The molecule has 7 heteroatoms. The molecule has 0 radical (unpaired) electrons. The number of carbonyl (C=O) groups excluding carboxylic acids is 2. The van der Waals surface area contributed by atoms with Crippen molar-refractivity contribution >= 4 is 39.3 Å². The first-order valence-electron chi connectivity index (χ1n) is 9.53. The molecule has 1 N–H and O–H groups in total. The van der Waals surface area contributed by atoms with Crippen LogP contribution >= 0.6 is 27.5 Å². The van der Waals surface area contributed by atoms with Crippen molar-refractivity contribution < 1.29 is 14.3 Å². The minimum atomic E-state index is -0.589. The van der Waals surface area contributed by atoms with E-state index in [0.29, 0.717) is 23.7 Å². The van der Waals surface area contributed by atoms with Crippen molar-refractivity contribution in [3.63, 3.8) is 0 Å². The van der Waals surface area contributed by atoms with Crippen LogP contribution in [0, 0.1) is 0 Å². The van der Waals surface area contributed by atoms with E-state index in [-0.39, 0.29) is 24.5 Å². The predicted molar refractivity (Wildman–Crippen MR) is 119 cm³/mol. The quantitative estimate of drug-likeness (QED) is 0.559. The summed E-state index contributed by atoms with van der Waals surface area (Å²) < 4.78 is 6.47. The number of nitrogens with zero attached hydrogens (tertiary/aromatic N) is 1. The molecule has 2 rings (SSSR count). The van der Waals surface area contributed by atoms with Gasteiger partial charge in [-0.05, 0) is 44.0 Å². The van der Waals surface area contributed by atoms with Gasteiger partial charge in [-0.25, -0.2) is 0 Å². The third-order valence-corrected chi connectivity index (χ3v) is 5.05. The number of amides is 2. The van der Waals surface area contributed by atoms with Gasteiger partial charge in [-0.1, -0.05) is 64.8 Å². The Morgan fingerprint density at radius 2 is 1.86 bits per heavy atom. The maximum Gasteiger partial charge on any atom is 0.261 e. The first-order valence-corrected chi connectivity index (χ1v) is 10.7. The zero-order valence-electron chi connectivity index (χ0n) is 16.8. The Kier molecular flexibility index (Phi) is 8.99. The molecule has 2 amide bonds. The standard InChI is InChI=1S/C22H26BrClN2O3/c1-4-19(22(28)25-15(2)3)26(13-16-8-6-5-7-9-16)21(27)14-29-20-11-10-17(23)12-18(20)24/h5-12,15,19H,4,13-14H2,1-3H3,(H,25,28)/t19-/m1/s1. The number of hydrogen-bond acceptors (Lipinski definition) is 3. The highest BCUT2D eigenvalue weighted by atomic mass is 79.9. The summed E-state index contributed by atoms with van der Waals surface area (Å²) >= 11 is 9.52. The van der Waals surface area contributed by atoms with Crippen LogP contribution in [0.3, 0.4) is 0 Å². The van der Waals surface area contributed by atoms with Gasteiger partial charge in [0.05, 0.1) is 5.02 Å². The second-order valence-electron chi connectivity index (χ2n) is 6.96. The highest BCUT2D eigenvalue weighted by Crippen LogP contribution is 2.27. The summed E-state index contributed by atoms with van der Waals surface area (Å²) in [5.74, 6) is -0.0328. The van der Waals surface area contributed by atoms with Crippen molar-refractivity contribution in [2.45, 2.75) is 45.8 Å². The molecule has 0 saturated heterocycles. The second-order valence-corrected chi connectivity index (χ2v) is 8.28. The molecule has 0 heterocycles. The lowest BCUT2D eigenvalue weighted by atomic mass is 10.1. The van der Waals surface area contributed by atoms with Crippen molar-refractivity contribution in [1.82, 2.24) is 10.2 Å². The Labute approximate surface area is 185 Å². The third-order valence-electron chi connectivity index (χ3n) is 4.26. The fourth-order valence-electron chi connectivity index (χ4n) is 2.89. The van der Waals surface area contributed by atoms with Crippen molar-refractivity contribution in [1.29, 1.82) is 0 Å². The van der Waals surface area contributed by atoms with Crippen molar-refractivity contribution in [3.05, 3.63) is 63.6 Å². The third kappa shape index (κ3) is 7.05. The molecule has 156 valence electrons. The molecule has 5 nitrogen and oxygen atoms in total. The number of hydrogen-bond donors (Lipinski definition) is 1. The summed E-state index contributed by atoms with van der Waals surface area (Å²) in [5, 5.41) is 3.31. The van der Waals surface area contributed by atoms with Gasteiger partial charge in [-0.2, -0.15) is 0 Å². The zero-order valence-corrected chi connectivity index (χ0v) is 19.2. The van der Waals surface area contributed by atoms with E-state index in [1.807, 2.05) is 51.1 Å². The van der Waals surface area contributed by atoms with Crippen LogP contribution in [-0.2, 0) is 16.1 Å². The topological polar surface area (TPSA) is 58.6 Å². The van der Waals surface area contributed by atoms with Crippen LogP contribution in [0.1, 0.15) is 32.8 Å². The molecular formula is C22H26BrClN2O3. The second kappa shape index (κ2) is 11.2. The van der Waals surface area contributed by atoms with E-state index >= 15 is 0 Å². The monoisotopic (exact) mass is 480 g/mol. The first kappa shape index (κ1) is 23.2. The molecule has 2 aromatic rings. The molecule has 0 bridgehead atoms. The lowest BCUT2D eigenvalue weighted by Gasteiger charge is -2.31. The Hall–Kier alpha value is -2.05. The predicted octanol–water partition coefficient (Wildman–Crippen LogP) is 4.81. The smallest absolute Gasteiger partial charge is 0.261 e. The van der Waals surface area contributed by atoms with E-state index in [4.69, 9.17) is 16.3 Å². The number of carbonyl (C=O) groups is 2. The number of nitrogens with one attached hydrogen (secondary N) is 1. The van der Waals surface area contributed by atoms with Crippen LogP contribution in [-0.4, -0.2) is 35.4 Å². The van der Waals surface area contributed by atoms with E-state index in [1.165, 1.54) is 0 Å². The van der Waals surface area contributed by atoms with Crippen LogP contribution < -0.4 is 10.1 Å². The number of benzene rings is 2. The molecule has 0 aliphatic heterocycles. The summed E-state index contributed by atoms with van der Waals surface area (Å²) in [6.07, 6.45) is 0.496. The maximum atomic E-state index is 13.1. The molecule has 0 saturated carbocycles. The summed E-state index contributed by atoms with van der Waals surface area (Å²) in [6, 6.07) is 14.2. The van der Waals surface area contributed by atoms with Crippen molar-refractivity contribution in [3.8, 4) is 5.75 Å². The molecule has 0 aliphatic rings. The fraction of sp³-hybridized carbons (Fsp3) is 0.364. The van der Waals surface area contributed by atoms with Crippen molar-refractivity contribution in [2.24, 2.45) is 0 Å². The molecule has 0 aromatic heterocycles. The summed E-state index contributed by atoms with van der Waals surface area (Å²) in [4.78, 5) is 27.3. The Balaban J connectivity index is 2.20. The van der Waals surface area contributed by atoms with E-state index in [1.54, 1.807) is 23.1 Å². The van der Waals surface area contributed by atoms with Crippen LogP contribution in [0.5, 0.6) is 5.75 Å². The van der Waals surface area contributed by atoms with E-state index in [0.717, 1.165) is 10.0 Å². The molecule has 0 aliphatic carbocycles. The summed E-state index contributed by atoms with van der Waals surface area (Å²) in [6.45, 7) is 5.79. The van der Waals surface area contributed by atoms with Gasteiger partial charge in [-0.15, -0.1) is 0 Å². The Morgan fingerprint density at radius 3 is 2.45 bits per heavy atom. The summed E-state index contributed by atoms with van der Waals surface area (Å²) in [5.41, 5.74) is 0.943. The van der Waals surface area contributed by atoms with Crippen LogP contribution in [0.2, 0.25) is 5.02 Å². The molecule has 1 atom stereocenters. The highest BCUT2D eigenvalue weighted by Gasteiger charge is 2.29. The van der Waals surface area contributed by atoms with E-state index in [9.17, 15) is 9.59 Å². The lowest BCUT2D eigenvalue weighted by molar-refractivity contribution is -0.143. The van der Waals surface area contributed by atoms with E-state index in [2.05, 4.69) is 21.2 Å². The van der Waals surface area contributed by atoms with Gasteiger partial charge in [0.15, 0.2) is 6.61 Å². The largest absolute Gasteiger partial charge is 0.482 e. The lowest BCUT2D eigenvalue weighted by Crippen LogP contribution is -2.51. The molecule has 2 aromatic carbocycles. The van der Waals surface area contributed by atoms with Gasteiger partial charge in [-0.3, -0.25) is 9.59 Å². The minimum absolute atomic E-state index is 0.0111. The van der Waals surface area contributed by atoms with Gasteiger partial charge in [0, 0.05) is 17.1 Å². The number of rotatable bonds is 9. The minimum Gasteiger partial charge on any atom is -0.482 e. The Bertz CT molecular complexity index is 830. The average molecular weight is 482 g/mol.